The normalized spacial score (nSPS) is 17.3. The van der Waals surface area contributed by atoms with Crippen molar-refractivity contribution in [3.63, 3.8) is 0 Å². The van der Waals surface area contributed by atoms with E-state index >= 15 is 0 Å². The molecule has 1 aliphatic carbocycles. The number of rotatable bonds is 16. The number of ether oxygens (including phenoxy) is 1. The van der Waals surface area contributed by atoms with Gasteiger partial charge in [-0.2, -0.15) is 13.2 Å². The molecule has 16 heteroatoms. The number of alkyl halides is 3. The number of halogens is 4. The molecule has 1 aliphatic rings. The molecular weight excluding hydrogens is 760 g/mol. The number of H-pyrrole nitrogens is 1. The monoisotopic (exact) mass is 810 g/mol. The number of hydrazine groups is 1. The third-order valence-electron chi connectivity index (χ3n) is 11.1. The summed E-state index contributed by atoms with van der Waals surface area (Å²) in [7, 11) is 1.41. The van der Waals surface area contributed by atoms with Gasteiger partial charge in [0.1, 0.15) is 23.4 Å². The molecule has 2 unspecified atom stereocenters. The fourth-order valence-electron chi connectivity index (χ4n) is 7.24. The highest BCUT2D eigenvalue weighted by atomic mass is 19.4. The van der Waals surface area contributed by atoms with Crippen molar-refractivity contribution in [1.82, 2.24) is 31.8 Å². The molecule has 0 spiro atoms. The molecule has 4 amide bonds. The van der Waals surface area contributed by atoms with Crippen LogP contribution in [0.4, 0.5) is 17.6 Å². The van der Waals surface area contributed by atoms with E-state index in [0.29, 0.717) is 29.7 Å². The minimum atomic E-state index is -4.67. The summed E-state index contributed by atoms with van der Waals surface area (Å²) in [5, 5.41) is 18.6. The summed E-state index contributed by atoms with van der Waals surface area (Å²) in [6, 6.07) is 11.9. The fourth-order valence-corrected chi connectivity index (χ4v) is 7.24. The number of methoxy groups -OCH3 is 1. The summed E-state index contributed by atoms with van der Waals surface area (Å²) in [4.78, 5) is 59.0. The maximum Gasteiger partial charge on any atom is 0.418 e. The second-order valence-corrected chi connectivity index (χ2v) is 14.9. The van der Waals surface area contributed by atoms with Gasteiger partial charge in [0.15, 0.2) is 11.5 Å². The second-order valence-electron chi connectivity index (χ2n) is 14.9. The van der Waals surface area contributed by atoms with Crippen molar-refractivity contribution in [3.8, 4) is 11.5 Å². The number of aromatic amines is 1. The number of hydrogen-bond donors (Lipinski definition) is 7. The van der Waals surface area contributed by atoms with Gasteiger partial charge in [-0.3, -0.25) is 24.6 Å². The van der Waals surface area contributed by atoms with Crippen LogP contribution in [0.5, 0.6) is 11.5 Å². The Morgan fingerprint density at radius 3 is 2.28 bits per heavy atom. The van der Waals surface area contributed by atoms with E-state index in [9.17, 15) is 41.8 Å². The van der Waals surface area contributed by atoms with Crippen molar-refractivity contribution < 1.29 is 46.6 Å². The number of carbonyl (C=O) groups is 4. The molecule has 7 N–H and O–H groups in total. The van der Waals surface area contributed by atoms with Crippen LogP contribution in [0.25, 0.3) is 10.9 Å². The van der Waals surface area contributed by atoms with E-state index in [1.807, 2.05) is 13.8 Å². The Kier molecular flexibility index (Phi) is 13.7. The largest absolute Gasteiger partial charge is 0.504 e. The van der Waals surface area contributed by atoms with Crippen LogP contribution < -0.4 is 31.5 Å². The van der Waals surface area contributed by atoms with Crippen molar-refractivity contribution in [1.29, 1.82) is 0 Å². The molecule has 0 aliphatic heterocycles. The van der Waals surface area contributed by atoms with E-state index in [2.05, 4.69) is 31.8 Å². The lowest BCUT2D eigenvalue weighted by molar-refractivity contribution is -0.139. The van der Waals surface area contributed by atoms with Gasteiger partial charge in [0.05, 0.1) is 24.6 Å². The first-order valence-corrected chi connectivity index (χ1v) is 19.3. The van der Waals surface area contributed by atoms with Gasteiger partial charge < -0.3 is 30.8 Å². The van der Waals surface area contributed by atoms with Crippen molar-refractivity contribution in [2.45, 2.75) is 96.6 Å². The number of amides is 4. The van der Waals surface area contributed by atoms with Crippen molar-refractivity contribution in [2.24, 2.45) is 11.8 Å². The van der Waals surface area contributed by atoms with Crippen LogP contribution in [0.15, 0.2) is 60.7 Å². The summed E-state index contributed by atoms with van der Waals surface area (Å²) >= 11 is 0. The maximum atomic E-state index is 14.8. The number of benzene rings is 3. The minimum absolute atomic E-state index is 0.0560. The molecule has 0 saturated carbocycles. The number of para-hydroxylation sites is 1. The molecule has 312 valence electrons. The smallest absolute Gasteiger partial charge is 0.418 e. The lowest BCUT2D eigenvalue weighted by Crippen LogP contribution is -2.67. The highest BCUT2D eigenvalue weighted by Gasteiger charge is 2.47. The van der Waals surface area contributed by atoms with E-state index < -0.39 is 70.6 Å². The van der Waals surface area contributed by atoms with Gasteiger partial charge in [0.2, 0.25) is 17.7 Å². The number of hydrogen-bond acceptors (Lipinski definition) is 7. The zero-order chi connectivity index (χ0) is 42.4. The van der Waals surface area contributed by atoms with Crippen molar-refractivity contribution in [3.05, 3.63) is 94.4 Å². The first-order chi connectivity index (χ1) is 27.5. The topological polar surface area (TPSA) is 174 Å². The van der Waals surface area contributed by atoms with E-state index in [4.69, 9.17) is 4.74 Å². The van der Waals surface area contributed by atoms with Gasteiger partial charge >= 0.3 is 6.18 Å². The number of phenols is 1. The van der Waals surface area contributed by atoms with Gasteiger partial charge in [0.25, 0.3) is 5.91 Å². The SMILES string of the molecule is CCC(C)[C@H](NC(=O)Cc1ccccc1F)C(=O)N[C@]1(C(=O)NC(C(=O)NNCc2ccc(O)c(OC)c2)[C@@H](C)CC)CCc2[nH]c3c(C(F)(F)F)cccc3c2C1. The van der Waals surface area contributed by atoms with Crippen LogP contribution in [0, 0.1) is 17.7 Å². The molecule has 1 heterocycles. The highest BCUT2D eigenvalue weighted by molar-refractivity contribution is 5.98. The lowest BCUT2D eigenvalue weighted by atomic mass is 9.78. The summed E-state index contributed by atoms with van der Waals surface area (Å²) in [6.07, 6.45) is -4.34. The Morgan fingerprint density at radius 2 is 1.62 bits per heavy atom. The molecule has 1 aromatic heterocycles. The number of aromatic hydroxyl groups is 1. The van der Waals surface area contributed by atoms with Crippen molar-refractivity contribution >= 4 is 34.5 Å². The lowest BCUT2D eigenvalue weighted by Gasteiger charge is -2.39. The van der Waals surface area contributed by atoms with Crippen LogP contribution in [0.3, 0.4) is 0 Å². The molecule has 5 rings (SSSR count). The Bertz CT molecular complexity index is 2140. The molecule has 12 nitrogen and oxygen atoms in total. The third-order valence-corrected chi connectivity index (χ3v) is 11.1. The van der Waals surface area contributed by atoms with Crippen LogP contribution >= 0.6 is 0 Å². The summed E-state index contributed by atoms with van der Waals surface area (Å²) in [5.74, 6) is -3.95. The number of aryl methyl sites for hydroxylation is 1. The Morgan fingerprint density at radius 1 is 0.931 bits per heavy atom. The molecule has 0 radical (unpaired) electrons. The third kappa shape index (κ3) is 9.72. The number of aromatic nitrogens is 1. The second kappa shape index (κ2) is 18.3. The molecule has 0 fully saturated rings. The average Bonchev–Trinajstić information content (AvgIpc) is 3.57. The van der Waals surface area contributed by atoms with E-state index in [1.54, 1.807) is 32.0 Å². The first-order valence-electron chi connectivity index (χ1n) is 19.3. The van der Waals surface area contributed by atoms with Crippen LogP contribution in [0.2, 0.25) is 0 Å². The Balaban J connectivity index is 1.46. The minimum Gasteiger partial charge on any atom is -0.504 e. The number of carbonyl (C=O) groups excluding carboxylic acids is 4. The van der Waals surface area contributed by atoms with E-state index in [-0.39, 0.29) is 60.2 Å². The molecule has 3 aromatic carbocycles. The molecule has 0 bridgehead atoms. The first kappa shape index (κ1) is 43.5. The molecule has 0 saturated heterocycles. The fraction of sp³-hybridized carbons (Fsp3) is 0.429. The van der Waals surface area contributed by atoms with Crippen LogP contribution in [0.1, 0.15) is 74.9 Å². The van der Waals surface area contributed by atoms with Gasteiger partial charge in [-0.25, -0.2) is 9.82 Å². The zero-order valence-corrected chi connectivity index (χ0v) is 33.0. The Hall–Kier alpha value is -5.64. The van der Waals surface area contributed by atoms with E-state index in [1.165, 1.54) is 43.5 Å². The van der Waals surface area contributed by atoms with Gasteiger partial charge in [-0.05, 0) is 65.6 Å². The predicted molar refractivity (Wildman–Crippen MR) is 209 cm³/mol. The quantitative estimate of drug-likeness (QED) is 0.0578. The molecule has 5 atom stereocenters. The Labute approximate surface area is 333 Å². The van der Waals surface area contributed by atoms with E-state index in [0.717, 1.165) is 6.07 Å². The van der Waals surface area contributed by atoms with Crippen LogP contribution in [-0.2, 0) is 51.2 Å². The molecular formula is C42H50F4N6O6. The van der Waals surface area contributed by atoms with Gasteiger partial charge in [0, 0.05) is 24.0 Å². The van der Waals surface area contributed by atoms with Crippen molar-refractivity contribution in [2.75, 3.05) is 7.11 Å². The summed E-state index contributed by atoms with van der Waals surface area (Å²) in [5.41, 5.74) is 4.33. The number of fused-ring (bicyclic) bond motifs is 3. The predicted octanol–water partition coefficient (Wildman–Crippen LogP) is 5.51. The molecule has 4 aromatic rings. The summed E-state index contributed by atoms with van der Waals surface area (Å²) in [6.45, 7) is 7.29. The highest BCUT2D eigenvalue weighted by Crippen LogP contribution is 2.40. The standard InChI is InChI=1S/C42H50F4N6O6/c1-6-23(3)35(49-34(54)20-26-11-8-9-14-30(26)43)38(55)51-41(18-17-31-28(21-41)27-12-10-13-29(37(27)48-31)42(44,45)46)40(57)50-36(24(4)7-2)39(56)52-47-22-25-15-16-32(53)33(19-25)58-5/h8-16,19,23-24,35-36,47-48,53H,6-7,17-18,20-22H2,1-5H3,(H,49,54)(H,50,57)(H,51,55)(H,52,56)/t23?,24-,35-,36?,41+/m0/s1. The van der Waals surface area contributed by atoms with Crippen LogP contribution in [-0.4, -0.2) is 58.5 Å². The van der Waals surface area contributed by atoms with Gasteiger partial charge in [-0.1, -0.05) is 76.9 Å². The van der Waals surface area contributed by atoms with Gasteiger partial charge in [-0.15, -0.1) is 0 Å². The molecule has 58 heavy (non-hydrogen) atoms. The maximum absolute atomic E-state index is 14.8. The average molecular weight is 811 g/mol. The summed E-state index contributed by atoms with van der Waals surface area (Å²) < 4.78 is 61.9. The number of phenolic OH excluding ortho intramolecular Hbond substituents is 1. The zero-order valence-electron chi connectivity index (χ0n) is 33.0. The number of nitrogens with one attached hydrogen (secondary N) is 6.